The van der Waals surface area contributed by atoms with E-state index in [-0.39, 0.29) is 11.4 Å². The molecular formula is C50H42O3S3. The summed E-state index contributed by atoms with van der Waals surface area (Å²) in [4.78, 5) is 13.4. The van der Waals surface area contributed by atoms with E-state index in [0.717, 1.165) is 22.3 Å². The molecule has 0 fully saturated rings. The zero-order valence-corrected chi connectivity index (χ0v) is 34.4. The number of methoxy groups -OCH3 is 1. The van der Waals surface area contributed by atoms with Gasteiger partial charge in [0.25, 0.3) is 0 Å². The monoisotopic (exact) mass is 786 g/mol. The highest BCUT2D eigenvalue weighted by Crippen LogP contribution is 2.55. The molecule has 56 heavy (non-hydrogen) atoms. The number of hydrogen-bond acceptors (Lipinski definition) is 6. The number of thiophene rings is 3. The van der Waals surface area contributed by atoms with E-state index in [4.69, 9.17) is 4.74 Å². The summed E-state index contributed by atoms with van der Waals surface area (Å²) in [5.41, 5.74) is 9.59. The Bertz CT molecular complexity index is 2850. The van der Waals surface area contributed by atoms with Crippen molar-refractivity contribution in [1.29, 1.82) is 0 Å². The smallest absolute Gasteiger partial charge is 0.338 e. The van der Waals surface area contributed by atoms with Crippen molar-refractivity contribution >= 4 is 70.2 Å². The Labute approximate surface area is 340 Å². The number of ether oxygens (including phenoxy) is 1. The van der Waals surface area contributed by atoms with Crippen LogP contribution in [-0.4, -0.2) is 18.2 Å². The summed E-state index contributed by atoms with van der Waals surface area (Å²) in [6, 6.07) is 49.8. The van der Waals surface area contributed by atoms with Crippen LogP contribution in [0.3, 0.4) is 0 Å². The first-order valence-corrected chi connectivity index (χ1v) is 21.2. The van der Waals surface area contributed by atoms with Gasteiger partial charge in [0.2, 0.25) is 0 Å². The average Bonchev–Trinajstić information content (AvgIpc) is 4.00. The van der Waals surface area contributed by atoms with E-state index in [1.807, 2.05) is 73.7 Å². The van der Waals surface area contributed by atoms with E-state index in [1.165, 1.54) is 64.5 Å². The summed E-state index contributed by atoms with van der Waals surface area (Å²) in [5, 5.41) is 18.4. The highest BCUT2D eigenvalue weighted by Gasteiger charge is 2.38. The molecule has 0 radical (unpaired) electrons. The number of benzene rings is 6. The van der Waals surface area contributed by atoms with Gasteiger partial charge in [-0.15, -0.1) is 34.0 Å². The Morgan fingerprint density at radius 2 is 1.05 bits per heavy atom. The predicted molar refractivity (Wildman–Crippen MR) is 240 cm³/mol. The molecule has 10 rings (SSSR count). The topological polar surface area (TPSA) is 46.5 Å². The van der Waals surface area contributed by atoms with E-state index in [9.17, 15) is 9.90 Å². The molecule has 1 aliphatic carbocycles. The fourth-order valence-corrected chi connectivity index (χ4v) is 11.0. The SMILES string of the molecule is CC(C)(O)c1ccccc1-c1csc2ccccc12.CC1(C)c2ccccc2-c2c1sc1ccccc21.COC(=O)c1ccccc1-c1csc2ccccc12. The molecule has 9 aromatic rings. The van der Waals surface area contributed by atoms with Gasteiger partial charge in [-0.05, 0) is 76.7 Å². The van der Waals surface area contributed by atoms with E-state index in [2.05, 4.69) is 116 Å². The lowest BCUT2D eigenvalue weighted by Crippen LogP contribution is -2.16. The lowest BCUT2D eigenvalue weighted by atomic mass is 9.87. The van der Waals surface area contributed by atoms with Gasteiger partial charge in [0.1, 0.15) is 0 Å². The first kappa shape index (κ1) is 37.5. The van der Waals surface area contributed by atoms with Crippen molar-refractivity contribution in [3.63, 3.8) is 0 Å². The molecular weight excluding hydrogens is 745 g/mol. The Morgan fingerprint density at radius 1 is 0.571 bits per heavy atom. The molecule has 6 aromatic carbocycles. The molecule has 1 aliphatic rings. The van der Waals surface area contributed by atoms with Crippen molar-refractivity contribution < 1.29 is 14.6 Å². The fourth-order valence-electron chi connectivity index (χ4n) is 7.75. The van der Waals surface area contributed by atoms with Gasteiger partial charge in [0.05, 0.1) is 18.3 Å². The highest BCUT2D eigenvalue weighted by atomic mass is 32.1. The van der Waals surface area contributed by atoms with Gasteiger partial charge in [0.15, 0.2) is 0 Å². The van der Waals surface area contributed by atoms with Crippen LogP contribution in [0.2, 0.25) is 0 Å². The van der Waals surface area contributed by atoms with E-state index in [0.29, 0.717) is 5.56 Å². The Kier molecular flexibility index (Phi) is 10.2. The summed E-state index contributed by atoms with van der Waals surface area (Å²) in [7, 11) is 1.41. The Morgan fingerprint density at radius 3 is 1.68 bits per heavy atom. The molecule has 3 aromatic heterocycles. The van der Waals surface area contributed by atoms with Gasteiger partial charge in [-0.1, -0.05) is 135 Å². The number of carbonyl (C=O) groups excluding carboxylic acids is 1. The van der Waals surface area contributed by atoms with Crippen LogP contribution >= 0.6 is 34.0 Å². The maximum absolute atomic E-state index is 11.8. The molecule has 0 saturated carbocycles. The second kappa shape index (κ2) is 15.3. The zero-order chi connectivity index (χ0) is 39.0. The van der Waals surface area contributed by atoms with Gasteiger partial charge in [-0.3, -0.25) is 0 Å². The van der Waals surface area contributed by atoms with Crippen molar-refractivity contribution in [2.75, 3.05) is 7.11 Å². The molecule has 3 nitrogen and oxygen atoms in total. The van der Waals surface area contributed by atoms with Gasteiger partial charge in [0, 0.05) is 57.2 Å². The summed E-state index contributed by atoms with van der Waals surface area (Å²) in [5.74, 6) is -0.300. The van der Waals surface area contributed by atoms with Crippen LogP contribution in [0.5, 0.6) is 0 Å². The number of fused-ring (bicyclic) bond motifs is 7. The van der Waals surface area contributed by atoms with Crippen LogP contribution in [0.25, 0.3) is 63.6 Å². The minimum atomic E-state index is -0.834. The maximum Gasteiger partial charge on any atom is 0.338 e. The first-order valence-electron chi connectivity index (χ1n) is 18.6. The van der Waals surface area contributed by atoms with E-state index in [1.54, 1.807) is 28.7 Å². The van der Waals surface area contributed by atoms with E-state index >= 15 is 0 Å². The van der Waals surface area contributed by atoms with Gasteiger partial charge in [-0.2, -0.15) is 0 Å². The van der Waals surface area contributed by atoms with Crippen molar-refractivity contribution in [1.82, 2.24) is 0 Å². The zero-order valence-electron chi connectivity index (χ0n) is 32.0. The molecule has 0 saturated heterocycles. The third-order valence-electron chi connectivity index (χ3n) is 10.5. The summed E-state index contributed by atoms with van der Waals surface area (Å²) >= 11 is 5.38. The third kappa shape index (κ3) is 6.88. The maximum atomic E-state index is 11.8. The largest absolute Gasteiger partial charge is 0.465 e. The van der Waals surface area contributed by atoms with Gasteiger partial charge >= 0.3 is 5.97 Å². The molecule has 6 heteroatoms. The third-order valence-corrected chi connectivity index (χ3v) is 13.9. The normalized spacial score (nSPS) is 12.7. The number of esters is 1. The first-order chi connectivity index (χ1) is 27.1. The van der Waals surface area contributed by atoms with Crippen LogP contribution in [0.15, 0.2) is 156 Å². The minimum absolute atomic E-state index is 0.148. The fraction of sp³-hybridized carbons (Fsp3) is 0.140. The summed E-state index contributed by atoms with van der Waals surface area (Å²) in [6.45, 7) is 8.35. The van der Waals surface area contributed by atoms with Crippen LogP contribution in [0, 0.1) is 0 Å². The number of aliphatic hydroxyl groups is 1. The molecule has 3 heterocycles. The molecule has 0 unspecified atom stereocenters. The Hall–Kier alpha value is -5.37. The average molecular weight is 787 g/mol. The lowest BCUT2D eigenvalue weighted by Gasteiger charge is -2.21. The standard InChI is InChI=1S/C17H16OS.C17H14S.C16H12O2S/c1-17(2,18)15-9-5-3-7-12(15)14-11-19-16-10-6-4-8-13(14)16;1-17(2)13-9-5-3-7-11(13)15-12-8-4-6-10-14(12)18-16(15)17;1-18-16(17)13-8-3-2-6-11(13)14-10-19-15-9-5-4-7-12(14)15/h3-11,18H,1-2H3;3-10H,1-2H3;2-10H,1H3. The lowest BCUT2D eigenvalue weighted by molar-refractivity contribution is 0.0601. The molecule has 0 spiro atoms. The van der Waals surface area contributed by atoms with Gasteiger partial charge in [-0.25, -0.2) is 4.79 Å². The molecule has 0 aliphatic heterocycles. The van der Waals surface area contributed by atoms with Crippen LogP contribution in [0.4, 0.5) is 0 Å². The van der Waals surface area contributed by atoms with Crippen LogP contribution in [-0.2, 0) is 15.8 Å². The van der Waals surface area contributed by atoms with Crippen molar-refractivity contribution in [3.05, 3.63) is 178 Å². The number of carbonyl (C=O) groups is 1. The Balaban J connectivity index is 0.000000118. The van der Waals surface area contributed by atoms with Crippen molar-refractivity contribution in [2.24, 2.45) is 0 Å². The van der Waals surface area contributed by atoms with Crippen molar-refractivity contribution in [3.8, 4) is 33.4 Å². The molecule has 0 bridgehead atoms. The minimum Gasteiger partial charge on any atom is -0.465 e. The summed E-state index contributed by atoms with van der Waals surface area (Å²) in [6.07, 6.45) is 0. The number of hydrogen-bond donors (Lipinski definition) is 1. The van der Waals surface area contributed by atoms with Gasteiger partial charge < -0.3 is 9.84 Å². The molecule has 1 N–H and O–H groups in total. The van der Waals surface area contributed by atoms with E-state index < -0.39 is 5.60 Å². The quantitative estimate of drug-likeness (QED) is 0.181. The summed E-state index contributed by atoms with van der Waals surface area (Å²) < 4.78 is 8.76. The highest BCUT2D eigenvalue weighted by molar-refractivity contribution is 7.20. The number of rotatable bonds is 4. The second-order valence-corrected chi connectivity index (χ2v) is 17.8. The molecule has 0 atom stereocenters. The van der Waals surface area contributed by atoms with Crippen LogP contribution < -0.4 is 0 Å². The van der Waals surface area contributed by atoms with Crippen LogP contribution in [0.1, 0.15) is 54.1 Å². The second-order valence-electron chi connectivity index (χ2n) is 14.9. The molecule has 278 valence electrons. The molecule has 0 amide bonds. The van der Waals surface area contributed by atoms with Crippen molar-refractivity contribution in [2.45, 2.75) is 38.7 Å². The predicted octanol–water partition coefficient (Wildman–Crippen LogP) is 14.4.